The maximum Gasteiger partial charge on any atom is 0.640 e. The number of para-hydroxylation sites is 1. The second-order valence-electron chi connectivity index (χ2n) is 7.21. The molecule has 0 radical (unpaired) electrons. The molecule has 3 heterocycles. The van der Waals surface area contributed by atoms with Gasteiger partial charge in [0.25, 0.3) is 0 Å². The predicted octanol–water partition coefficient (Wildman–Crippen LogP) is 5.54. The highest BCUT2D eigenvalue weighted by Gasteiger charge is 2.49. The summed E-state index contributed by atoms with van der Waals surface area (Å²) in [7, 11) is 0. The molecule has 3 nitrogen and oxygen atoms in total. The number of benzene rings is 2. The molecule has 0 unspecified atom stereocenters. The van der Waals surface area contributed by atoms with Crippen LogP contribution in [0.2, 0.25) is 5.15 Å². The summed E-state index contributed by atoms with van der Waals surface area (Å²) in [6, 6.07) is 20.3. The van der Waals surface area contributed by atoms with Crippen LogP contribution in [0.4, 0.5) is 14.3 Å². The number of hydrogen-bond acceptors (Lipinski definition) is 1. The average Bonchev–Trinajstić information content (AvgIpc) is 3.30. The molecule has 5 rings (SSSR count). The SMILES string of the molecule is Cc1ccc(C2=C3C=CC(Nc4ccccc4)=[N+]3[B-](F)(F)n3c(Cl)ccc32)cc1. The average molecular weight is 408 g/mol. The molecule has 2 aromatic carbocycles. The Morgan fingerprint density at radius 1 is 0.931 bits per heavy atom. The molecule has 0 aliphatic carbocycles. The van der Waals surface area contributed by atoms with Gasteiger partial charge in [-0.05, 0) is 42.8 Å². The van der Waals surface area contributed by atoms with E-state index in [1.807, 2.05) is 61.5 Å². The zero-order valence-corrected chi connectivity index (χ0v) is 16.4. The Morgan fingerprint density at radius 2 is 1.66 bits per heavy atom. The summed E-state index contributed by atoms with van der Waals surface area (Å²) >= 11 is 6.22. The fourth-order valence-electron chi connectivity index (χ4n) is 3.96. The molecule has 0 bridgehead atoms. The number of allylic oxidation sites excluding steroid dienone is 1. The normalized spacial score (nSPS) is 16.8. The minimum atomic E-state index is -4.16. The fourth-order valence-corrected chi connectivity index (χ4v) is 4.23. The van der Waals surface area contributed by atoms with Crippen LogP contribution in [0.1, 0.15) is 16.8 Å². The number of nitrogens with zero attached hydrogens (tertiary/aromatic N) is 2. The summed E-state index contributed by atoms with van der Waals surface area (Å²) in [6.45, 7) is -2.16. The Kier molecular flexibility index (Phi) is 4.00. The number of fused-ring (bicyclic) bond motifs is 2. The van der Waals surface area contributed by atoms with Crippen molar-refractivity contribution in [2.24, 2.45) is 0 Å². The van der Waals surface area contributed by atoms with Crippen LogP contribution < -0.4 is 5.32 Å². The summed E-state index contributed by atoms with van der Waals surface area (Å²) in [6.07, 6.45) is 3.42. The van der Waals surface area contributed by atoms with Crippen LogP contribution in [0.15, 0.2) is 84.6 Å². The van der Waals surface area contributed by atoms with Crippen molar-refractivity contribution in [1.29, 1.82) is 0 Å². The van der Waals surface area contributed by atoms with Gasteiger partial charge in [0.1, 0.15) is 5.69 Å². The molecule has 7 heteroatoms. The zero-order valence-electron chi connectivity index (χ0n) is 15.6. The molecule has 144 valence electrons. The van der Waals surface area contributed by atoms with E-state index >= 15 is 8.63 Å². The maximum absolute atomic E-state index is 15.7. The second-order valence-corrected chi connectivity index (χ2v) is 7.59. The van der Waals surface area contributed by atoms with Crippen LogP contribution >= 0.6 is 11.6 Å². The molecule has 29 heavy (non-hydrogen) atoms. The fraction of sp³-hybridized carbons (Fsp3) is 0.0455. The molecule has 1 N–H and O–H groups in total. The first kappa shape index (κ1) is 17.9. The summed E-state index contributed by atoms with van der Waals surface area (Å²) in [4.78, 5) is 0. The van der Waals surface area contributed by atoms with E-state index in [2.05, 4.69) is 5.32 Å². The van der Waals surface area contributed by atoms with Gasteiger partial charge in [0.05, 0.1) is 10.9 Å². The molecular weight excluding hydrogens is 391 g/mol. The molecular formula is C22H17BClF2N3. The van der Waals surface area contributed by atoms with Crippen LogP contribution in [-0.4, -0.2) is 21.8 Å². The Balaban J connectivity index is 1.77. The van der Waals surface area contributed by atoms with Gasteiger partial charge in [-0.15, -0.1) is 0 Å². The molecule has 0 atom stereocenters. The third-order valence-electron chi connectivity index (χ3n) is 5.31. The van der Waals surface area contributed by atoms with Gasteiger partial charge in [0, 0.05) is 17.3 Å². The Labute approximate surface area is 172 Å². The van der Waals surface area contributed by atoms with Crippen molar-refractivity contribution in [2.75, 3.05) is 5.32 Å². The van der Waals surface area contributed by atoms with E-state index in [9.17, 15) is 0 Å². The van der Waals surface area contributed by atoms with Gasteiger partial charge >= 0.3 is 6.97 Å². The monoisotopic (exact) mass is 407 g/mol. The summed E-state index contributed by atoms with van der Waals surface area (Å²) in [5.74, 6) is 0.316. The molecule has 0 spiro atoms. The van der Waals surface area contributed by atoms with E-state index in [0.717, 1.165) is 31.4 Å². The van der Waals surface area contributed by atoms with E-state index in [0.29, 0.717) is 17.2 Å². The van der Waals surface area contributed by atoms with E-state index in [4.69, 9.17) is 11.6 Å². The van der Waals surface area contributed by atoms with Crippen molar-refractivity contribution in [3.05, 3.63) is 107 Å². The van der Waals surface area contributed by atoms with Crippen LogP contribution in [0.5, 0.6) is 0 Å². The predicted molar refractivity (Wildman–Crippen MR) is 114 cm³/mol. The summed E-state index contributed by atoms with van der Waals surface area (Å²) in [5, 5.41) is 3.13. The van der Waals surface area contributed by atoms with Crippen LogP contribution in [0.25, 0.3) is 5.57 Å². The van der Waals surface area contributed by atoms with Gasteiger partial charge in [-0.25, -0.2) is 5.32 Å². The highest BCUT2D eigenvalue weighted by Crippen LogP contribution is 2.41. The highest BCUT2D eigenvalue weighted by molar-refractivity contribution is 6.59. The number of rotatable bonds is 2. The van der Waals surface area contributed by atoms with Gasteiger partial charge in [0.15, 0.2) is 0 Å². The third kappa shape index (κ3) is 2.75. The minimum absolute atomic E-state index is 0.0135. The zero-order chi connectivity index (χ0) is 20.2. The third-order valence-corrected chi connectivity index (χ3v) is 5.61. The number of amidine groups is 1. The molecule has 1 aromatic heterocycles. The van der Waals surface area contributed by atoms with E-state index in [1.54, 1.807) is 18.2 Å². The van der Waals surface area contributed by atoms with Gasteiger partial charge in [-0.3, -0.25) is 0 Å². The summed E-state index contributed by atoms with van der Waals surface area (Å²) < 4.78 is 33.4. The molecule has 2 aliphatic rings. The van der Waals surface area contributed by atoms with Crippen LogP contribution in [0, 0.1) is 6.92 Å². The van der Waals surface area contributed by atoms with E-state index < -0.39 is 6.97 Å². The minimum Gasteiger partial charge on any atom is -0.414 e. The Morgan fingerprint density at radius 3 is 2.38 bits per heavy atom. The lowest BCUT2D eigenvalue weighted by Gasteiger charge is -2.36. The van der Waals surface area contributed by atoms with Gasteiger partial charge in [-0.1, -0.05) is 59.6 Å². The number of halogens is 3. The smallest absolute Gasteiger partial charge is 0.414 e. The van der Waals surface area contributed by atoms with Gasteiger partial charge in [0.2, 0.25) is 5.84 Å². The number of aryl methyl sites for hydroxylation is 1. The van der Waals surface area contributed by atoms with E-state index in [-0.39, 0.29) is 5.15 Å². The number of hydrogen-bond donors (Lipinski definition) is 1. The first-order valence-electron chi connectivity index (χ1n) is 9.34. The molecule has 0 amide bonds. The molecule has 0 fully saturated rings. The van der Waals surface area contributed by atoms with E-state index in [1.165, 1.54) is 6.07 Å². The largest absolute Gasteiger partial charge is 0.640 e. The lowest BCUT2D eigenvalue weighted by atomic mass is 9.86. The first-order chi connectivity index (χ1) is 14.0. The van der Waals surface area contributed by atoms with Crippen molar-refractivity contribution in [2.45, 2.75) is 6.92 Å². The Bertz CT molecular complexity index is 1210. The van der Waals surface area contributed by atoms with Gasteiger partial charge in [-0.2, -0.15) is 0 Å². The number of aromatic nitrogens is 1. The van der Waals surface area contributed by atoms with Crippen molar-refractivity contribution in [3.8, 4) is 0 Å². The molecule has 3 aromatic rings. The van der Waals surface area contributed by atoms with Crippen molar-refractivity contribution in [1.82, 2.24) is 4.48 Å². The lowest BCUT2D eigenvalue weighted by molar-refractivity contribution is -0.361. The molecule has 0 saturated heterocycles. The first-order valence-corrected chi connectivity index (χ1v) is 9.72. The van der Waals surface area contributed by atoms with Crippen LogP contribution in [-0.2, 0) is 0 Å². The highest BCUT2D eigenvalue weighted by atomic mass is 35.5. The number of nitrogens with one attached hydrogen (secondary N) is 1. The van der Waals surface area contributed by atoms with Crippen molar-refractivity contribution < 1.29 is 13.1 Å². The van der Waals surface area contributed by atoms with Gasteiger partial charge < -0.3 is 17.6 Å². The molecule has 2 aliphatic heterocycles. The van der Waals surface area contributed by atoms with Crippen molar-refractivity contribution in [3.63, 3.8) is 0 Å². The second kappa shape index (κ2) is 6.46. The lowest BCUT2D eigenvalue weighted by Crippen LogP contribution is -2.52. The van der Waals surface area contributed by atoms with Crippen LogP contribution in [0.3, 0.4) is 0 Å². The Hall–Kier alpha value is -3.12. The molecule has 0 saturated carbocycles. The summed E-state index contributed by atoms with van der Waals surface area (Å²) in [5.41, 5.74) is 4.31. The number of anilines is 1. The standard InChI is InChI=1S/C22H17BClF2N3/c1-15-7-9-16(10-8-15)22-18-11-13-20(24)28(18)23(25,26)29-19(22)12-14-21(29)27-17-5-3-2-4-6-17/h2-14,27H,1H3. The maximum atomic E-state index is 15.7. The van der Waals surface area contributed by atoms with Crippen molar-refractivity contribution >= 4 is 35.7 Å². The quantitative estimate of drug-likeness (QED) is 0.553. The topological polar surface area (TPSA) is 20.0 Å².